The zero-order valence-corrected chi connectivity index (χ0v) is 17.7. The van der Waals surface area contributed by atoms with Crippen molar-refractivity contribution < 1.29 is 9.53 Å². The van der Waals surface area contributed by atoms with Gasteiger partial charge in [-0.05, 0) is 60.7 Å². The highest BCUT2D eigenvalue weighted by Gasteiger charge is 2.12. The van der Waals surface area contributed by atoms with Crippen molar-refractivity contribution >= 4 is 63.5 Å². The molecule has 0 aromatic heterocycles. The lowest BCUT2D eigenvalue weighted by atomic mass is 10.1. The smallest absolute Gasteiger partial charge is 0.255 e. The number of carbonyl (C=O) groups excluding carboxylic acids is 1. The van der Waals surface area contributed by atoms with Gasteiger partial charge in [-0.2, -0.15) is 0 Å². The Morgan fingerprint density at radius 2 is 1.55 bits per heavy atom. The van der Waals surface area contributed by atoms with E-state index >= 15 is 0 Å². The molecule has 3 N–H and O–H groups in total. The summed E-state index contributed by atoms with van der Waals surface area (Å²) in [6, 6.07) is 19.3. The second kappa shape index (κ2) is 9.60. The molecule has 3 aromatic rings. The van der Waals surface area contributed by atoms with Gasteiger partial charge in [0.2, 0.25) is 0 Å². The van der Waals surface area contributed by atoms with E-state index < -0.39 is 0 Å². The quantitative estimate of drug-likeness (QED) is 0.416. The maximum absolute atomic E-state index is 12.6. The second-order valence-electron chi connectivity index (χ2n) is 5.97. The standard InChI is InChI=1S/C21H17Cl2N3O2S/c1-28-19-8-7-13(20(27)24-16-5-3-2-4-6-16)9-18(19)26-21(29)25-17-11-14(22)10-15(23)12-17/h2-12H,1H3,(H,24,27)(H2,25,26,29). The Morgan fingerprint density at radius 1 is 0.862 bits per heavy atom. The molecular weight excluding hydrogens is 429 g/mol. The third-order valence-corrected chi connectivity index (χ3v) is 4.50. The van der Waals surface area contributed by atoms with Crippen molar-refractivity contribution in [1.82, 2.24) is 0 Å². The summed E-state index contributed by atoms with van der Waals surface area (Å²) in [5, 5.41) is 10.2. The maximum Gasteiger partial charge on any atom is 0.255 e. The van der Waals surface area contributed by atoms with E-state index in [4.69, 9.17) is 40.2 Å². The second-order valence-corrected chi connectivity index (χ2v) is 7.25. The molecule has 3 aromatic carbocycles. The number of benzene rings is 3. The van der Waals surface area contributed by atoms with Gasteiger partial charge >= 0.3 is 0 Å². The largest absolute Gasteiger partial charge is 0.495 e. The fourth-order valence-electron chi connectivity index (χ4n) is 2.58. The van der Waals surface area contributed by atoms with E-state index in [0.29, 0.717) is 43.5 Å². The summed E-state index contributed by atoms with van der Waals surface area (Å²) >= 11 is 17.4. The third-order valence-electron chi connectivity index (χ3n) is 3.86. The van der Waals surface area contributed by atoms with E-state index in [1.54, 1.807) is 36.4 Å². The zero-order chi connectivity index (χ0) is 20.8. The molecule has 0 bridgehead atoms. The molecule has 0 aliphatic heterocycles. The average molecular weight is 446 g/mol. The van der Waals surface area contributed by atoms with Crippen LogP contribution in [-0.2, 0) is 0 Å². The van der Waals surface area contributed by atoms with Gasteiger partial charge < -0.3 is 20.7 Å². The number of para-hydroxylation sites is 1. The maximum atomic E-state index is 12.6. The van der Waals surface area contributed by atoms with Crippen LogP contribution in [0.15, 0.2) is 66.7 Å². The number of hydrogen-bond donors (Lipinski definition) is 3. The predicted molar refractivity (Wildman–Crippen MR) is 124 cm³/mol. The summed E-state index contributed by atoms with van der Waals surface area (Å²) in [7, 11) is 1.54. The van der Waals surface area contributed by atoms with E-state index in [9.17, 15) is 4.79 Å². The number of halogens is 2. The summed E-state index contributed by atoms with van der Waals surface area (Å²) in [6.07, 6.45) is 0. The Hall–Kier alpha value is -2.80. The highest BCUT2D eigenvalue weighted by Crippen LogP contribution is 2.27. The van der Waals surface area contributed by atoms with Gasteiger partial charge in [-0.3, -0.25) is 4.79 Å². The van der Waals surface area contributed by atoms with Gasteiger partial charge in [0, 0.05) is 27.0 Å². The lowest BCUT2D eigenvalue weighted by molar-refractivity contribution is 0.102. The van der Waals surface area contributed by atoms with Gasteiger partial charge in [-0.1, -0.05) is 41.4 Å². The van der Waals surface area contributed by atoms with Crippen LogP contribution in [0.4, 0.5) is 17.1 Å². The molecule has 8 heteroatoms. The van der Waals surface area contributed by atoms with Gasteiger partial charge in [0.15, 0.2) is 5.11 Å². The van der Waals surface area contributed by atoms with Gasteiger partial charge in [0.05, 0.1) is 12.8 Å². The van der Waals surface area contributed by atoms with Crippen LogP contribution in [0.5, 0.6) is 5.75 Å². The van der Waals surface area contributed by atoms with E-state index in [-0.39, 0.29) is 5.91 Å². The molecule has 0 fully saturated rings. The van der Waals surface area contributed by atoms with Crippen LogP contribution in [0.25, 0.3) is 0 Å². The third kappa shape index (κ3) is 5.84. The van der Waals surface area contributed by atoms with Gasteiger partial charge in [0.25, 0.3) is 5.91 Å². The van der Waals surface area contributed by atoms with Gasteiger partial charge in [-0.25, -0.2) is 0 Å². The Balaban J connectivity index is 1.76. The number of thiocarbonyl (C=S) groups is 1. The normalized spacial score (nSPS) is 10.2. The summed E-state index contributed by atoms with van der Waals surface area (Å²) in [6.45, 7) is 0. The fraction of sp³-hybridized carbons (Fsp3) is 0.0476. The molecule has 0 heterocycles. The minimum absolute atomic E-state index is 0.248. The first kappa shape index (κ1) is 20.9. The number of amides is 1. The van der Waals surface area contributed by atoms with Crippen molar-refractivity contribution in [2.45, 2.75) is 0 Å². The molecular formula is C21H17Cl2N3O2S. The topological polar surface area (TPSA) is 62.4 Å². The number of ether oxygens (including phenoxy) is 1. The Kier molecular flexibility index (Phi) is 6.93. The molecule has 0 aliphatic rings. The Bertz CT molecular complexity index is 1030. The molecule has 0 unspecified atom stereocenters. The minimum atomic E-state index is -0.248. The number of anilines is 3. The lowest BCUT2D eigenvalue weighted by Crippen LogP contribution is -2.20. The number of methoxy groups -OCH3 is 1. The summed E-state index contributed by atoms with van der Waals surface area (Å²) in [5.41, 5.74) is 2.33. The highest BCUT2D eigenvalue weighted by atomic mass is 35.5. The van der Waals surface area contributed by atoms with Crippen molar-refractivity contribution in [1.29, 1.82) is 0 Å². The van der Waals surface area contributed by atoms with Crippen molar-refractivity contribution in [3.63, 3.8) is 0 Å². The van der Waals surface area contributed by atoms with Gasteiger partial charge in [-0.15, -0.1) is 0 Å². The number of hydrogen-bond acceptors (Lipinski definition) is 3. The Morgan fingerprint density at radius 3 is 2.21 bits per heavy atom. The van der Waals surface area contributed by atoms with E-state index in [1.165, 1.54) is 7.11 Å². The molecule has 0 atom stereocenters. The van der Waals surface area contributed by atoms with Crippen LogP contribution in [0.3, 0.4) is 0 Å². The summed E-state index contributed by atoms with van der Waals surface area (Å²) in [4.78, 5) is 12.6. The molecule has 0 saturated heterocycles. The fourth-order valence-corrected chi connectivity index (χ4v) is 3.34. The van der Waals surface area contributed by atoms with E-state index in [0.717, 1.165) is 0 Å². The molecule has 3 rings (SSSR count). The van der Waals surface area contributed by atoms with Crippen molar-refractivity contribution in [3.8, 4) is 5.75 Å². The van der Waals surface area contributed by atoms with Crippen LogP contribution in [-0.4, -0.2) is 18.1 Å². The monoisotopic (exact) mass is 445 g/mol. The Labute approximate surface area is 184 Å². The molecule has 5 nitrogen and oxygen atoms in total. The molecule has 1 amide bonds. The van der Waals surface area contributed by atoms with Crippen LogP contribution in [0.1, 0.15) is 10.4 Å². The summed E-state index contributed by atoms with van der Waals surface area (Å²) in [5.74, 6) is 0.289. The first-order chi connectivity index (χ1) is 13.9. The van der Waals surface area contributed by atoms with Crippen molar-refractivity contribution in [2.75, 3.05) is 23.1 Å². The van der Waals surface area contributed by atoms with Gasteiger partial charge in [0.1, 0.15) is 5.75 Å². The zero-order valence-electron chi connectivity index (χ0n) is 15.3. The molecule has 0 radical (unpaired) electrons. The summed E-state index contributed by atoms with van der Waals surface area (Å²) < 4.78 is 5.36. The van der Waals surface area contributed by atoms with Crippen LogP contribution in [0.2, 0.25) is 10.0 Å². The molecule has 148 valence electrons. The molecule has 29 heavy (non-hydrogen) atoms. The van der Waals surface area contributed by atoms with Crippen LogP contribution in [0, 0.1) is 0 Å². The molecule has 0 saturated carbocycles. The number of rotatable bonds is 5. The highest BCUT2D eigenvalue weighted by molar-refractivity contribution is 7.80. The van der Waals surface area contributed by atoms with E-state index in [1.807, 2.05) is 30.3 Å². The minimum Gasteiger partial charge on any atom is -0.495 e. The van der Waals surface area contributed by atoms with Crippen LogP contribution < -0.4 is 20.7 Å². The lowest BCUT2D eigenvalue weighted by Gasteiger charge is -2.15. The van der Waals surface area contributed by atoms with Crippen molar-refractivity contribution in [3.05, 3.63) is 82.3 Å². The number of nitrogens with one attached hydrogen (secondary N) is 3. The van der Waals surface area contributed by atoms with Crippen LogP contribution >= 0.6 is 35.4 Å². The number of carbonyl (C=O) groups is 1. The SMILES string of the molecule is COc1ccc(C(=O)Nc2ccccc2)cc1NC(=S)Nc1cc(Cl)cc(Cl)c1. The first-order valence-electron chi connectivity index (χ1n) is 8.53. The average Bonchev–Trinajstić information content (AvgIpc) is 2.67. The van der Waals surface area contributed by atoms with Crippen molar-refractivity contribution in [2.24, 2.45) is 0 Å². The first-order valence-corrected chi connectivity index (χ1v) is 9.69. The predicted octanol–water partition coefficient (Wildman–Crippen LogP) is 6.06. The van der Waals surface area contributed by atoms with E-state index in [2.05, 4.69) is 16.0 Å². The molecule has 0 aliphatic carbocycles. The molecule has 0 spiro atoms.